The Kier molecular flexibility index (Phi) is 3.54. The van der Waals surface area contributed by atoms with Crippen LogP contribution in [-0.2, 0) is 16.1 Å². The Morgan fingerprint density at radius 3 is 2.63 bits per heavy atom. The zero-order valence-electron chi connectivity index (χ0n) is 12.2. The number of hydrogen-bond acceptors (Lipinski definition) is 4. The van der Waals surface area contributed by atoms with Crippen LogP contribution in [0, 0.1) is 0 Å². The van der Waals surface area contributed by atoms with Gasteiger partial charge >= 0.3 is 5.97 Å². The summed E-state index contributed by atoms with van der Waals surface area (Å²) in [4.78, 5) is 14.3. The number of rotatable bonds is 2. The van der Waals surface area contributed by atoms with Gasteiger partial charge in [-0.15, -0.1) is 0 Å². The third-order valence-corrected chi connectivity index (χ3v) is 3.14. The number of nitrogens with zero attached hydrogens (tertiary/aromatic N) is 1. The Balaban J connectivity index is 2.27. The first-order valence-corrected chi connectivity index (χ1v) is 6.42. The van der Waals surface area contributed by atoms with Crippen LogP contribution in [-0.4, -0.2) is 30.6 Å². The highest BCUT2D eigenvalue weighted by Crippen LogP contribution is 2.36. The second-order valence-electron chi connectivity index (χ2n) is 5.92. The van der Waals surface area contributed by atoms with Crippen LogP contribution < -0.4 is 4.74 Å². The van der Waals surface area contributed by atoms with Crippen LogP contribution in [0.3, 0.4) is 0 Å². The molecule has 1 heterocycles. The highest BCUT2D eigenvalue weighted by molar-refractivity contribution is 5.79. The Bertz CT molecular complexity index is 491. The number of carbonyl (C=O) groups is 1. The van der Waals surface area contributed by atoms with Gasteiger partial charge in [-0.05, 0) is 51.1 Å². The average Bonchev–Trinajstić information content (AvgIpc) is 2.61. The van der Waals surface area contributed by atoms with Crippen molar-refractivity contribution >= 4 is 5.97 Å². The molecular formula is C15H21NO3. The number of ether oxygens (including phenoxy) is 2. The number of fused-ring (bicyclic) bond motifs is 1. The maximum absolute atomic E-state index is 12.3. The van der Waals surface area contributed by atoms with Crippen LogP contribution in [0.5, 0.6) is 5.75 Å². The second-order valence-corrected chi connectivity index (χ2v) is 5.92. The van der Waals surface area contributed by atoms with Gasteiger partial charge in [0.25, 0.3) is 0 Å². The number of likely N-dealkylation sites (N-methyl/N-ethyl adjacent to an activating group) is 1. The molecule has 4 nitrogen and oxygen atoms in total. The predicted molar refractivity (Wildman–Crippen MR) is 73.0 cm³/mol. The second kappa shape index (κ2) is 4.85. The van der Waals surface area contributed by atoms with Crippen molar-refractivity contribution < 1.29 is 14.3 Å². The molecule has 0 spiro atoms. The third-order valence-electron chi connectivity index (χ3n) is 3.14. The van der Waals surface area contributed by atoms with E-state index in [0.29, 0.717) is 0 Å². The third kappa shape index (κ3) is 2.89. The molecule has 0 saturated heterocycles. The average molecular weight is 263 g/mol. The molecule has 1 aliphatic heterocycles. The smallest absolute Gasteiger partial charge is 0.328 e. The van der Waals surface area contributed by atoms with E-state index < -0.39 is 5.60 Å². The first-order valence-electron chi connectivity index (χ1n) is 6.42. The van der Waals surface area contributed by atoms with Crippen LogP contribution in [0.15, 0.2) is 18.2 Å². The van der Waals surface area contributed by atoms with Crippen molar-refractivity contribution in [2.75, 3.05) is 14.2 Å². The van der Waals surface area contributed by atoms with E-state index >= 15 is 0 Å². The van der Waals surface area contributed by atoms with Gasteiger partial charge in [0, 0.05) is 6.54 Å². The Hall–Kier alpha value is -1.55. The summed E-state index contributed by atoms with van der Waals surface area (Å²) in [6.45, 7) is 6.38. The molecule has 1 aromatic rings. The molecule has 0 saturated carbocycles. The number of hydrogen-bond donors (Lipinski definition) is 0. The van der Waals surface area contributed by atoms with Gasteiger partial charge < -0.3 is 9.47 Å². The zero-order valence-corrected chi connectivity index (χ0v) is 12.2. The van der Waals surface area contributed by atoms with Gasteiger partial charge in [0.2, 0.25) is 0 Å². The summed E-state index contributed by atoms with van der Waals surface area (Å²) in [5.74, 6) is 0.621. The molecule has 0 aromatic heterocycles. The lowest BCUT2D eigenvalue weighted by molar-refractivity contribution is -0.160. The zero-order chi connectivity index (χ0) is 14.2. The lowest BCUT2D eigenvalue weighted by atomic mass is 10.0. The molecule has 19 heavy (non-hydrogen) atoms. The monoisotopic (exact) mass is 263 g/mol. The van der Waals surface area contributed by atoms with Gasteiger partial charge in [0.15, 0.2) is 0 Å². The molecule has 4 heteroatoms. The summed E-state index contributed by atoms with van der Waals surface area (Å²) in [5.41, 5.74) is 1.67. The highest BCUT2D eigenvalue weighted by atomic mass is 16.6. The lowest BCUT2D eigenvalue weighted by Gasteiger charge is -2.25. The van der Waals surface area contributed by atoms with Gasteiger partial charge in [0.1, 0.15) is 17.4 Å². The molecule has 0 radical (unpaired) electrons. The topological polar surface area (TPSA) is 38.8 Å². The molecule has 0 N–H and O–H groups in total. The van der Waals surface area contributed by atoms with Crippen LogP contribution in [0.2, 0.25) is 0 Å². The maximum atomic E-state index is 12.3. The van der Waals surface area contributed by atoms with Gasteiger partial charge in [-0.25, -0.2) is 4.79 Å². The summed E-state index contributed by atoms with van der Waals surface area (Å²) >= 11 is 0. The van der Waals surface area contributed by atoms with E-state index in [4.69, 9.17) is 9.47 Å². The molecule has 1 atom stereocenters. The molecule has 0 fully saturated rings. The minimum absolute atomic E-state index is 0.195. The maximum Gasteiger partial charge on any atom is 0.328 e. The Labute approximate surface area is 114 Å². The SMILES string of the molecule is COc1ccc2c(c1)CN(C)C2C(=O)OC(C)(C)C. The normalized spacial score (nSPS) is 19.1. The van der Waals surface area contributed by atoms with Gasteiger partial charge in [0.05, 0.1) is 7.11 Å². The van der Waals surface area contributed by atoms with Gasteiger partial charge in [-0.2, -0.15) is 0 Å². The van der Waals surface area contributed by atoms with E-state index in [-0.39, 0.29) is 12.0 Å². The van der Waals surface area contributed by atoms with E-state index in [1.807, 2.05) is 50.9 Å². The van der Waals surface area contributed by atoms with Crippen molar-refractivity contribution in [1.82, 2.24) is 4.90 Å². The summed E-state index contributed by atoms with van der Waals surface area (Å²) in [6.07, 6.45) is 0. The molecule has 0 aliphatic carbocycles. The highest BCUT2D eigenvalue weighted by Gasteiger charge is 2.36. The molecular weight excluding hydrogens is 242 g/mol. The standard InChI is InChI=1S/C15H21NO3/c1-15(2,3)19-14(17)13-12-7-6-11(18-5)8-10(12)9-16(13)4/h6-8,13H,9H2,1-5H3. The molecule has 104 valence electrons. The van der Waals surface area contributed by atoms with Crippen molar-refractivity contribution in [3.63, 3.8) is 0 Å². The molecule has 0 bridgehead atoms. The van der Waals surface area contributed by atoms with E-state index in [2.05, 4.69) is 0 Å². The van der Waals surface area contributed by atoms with Crippen molar-refractivity contribution in [2.24, 2.45) is 0 Å². The number of esters is 1. The summed E-state index contributed by atoms with van der Waals surface area (Å²) in [6, 6.07) is 5.50. The van der Waals surface area contributed by atoms with Crippen molar-refractivity contribution in [2.45, 2.75) is 39.0 Å². The van der Waals surface area contributed by atoms with E-state index in [9.17, 15) is 4.79 Å². The largest absolute Gasteiger partial charge is 0.497 e. The van der Waals surface area contributed by atoms with Crippen LogP contribution >= 0.6 is 0 Å². The minimum atomic E-state index is -0.465. The van der Waals surface area contributed by atoms with Crippen molar-refractivity contribution in [1.29, 1.82) is 0 Å². The summed E-state index contributed by atoms with van der Waals surface area (Å²) in [5, 5.41) is 0. The van der Waals surface area contributed by atoms with E-state index in [1.54, 1.807) is 7.11 Å². The van der Waals surface area contributed by atoms with E-state index in [0.717, 1.165) is 23.4 Å². The number of benzene rings is 1. The molecule has 1 aromatic carbocycles. The first-order chi connectivity index (χ1) is 8.81. The van der Waals surface area contributed by atoms with E-state index in [1.165, 1.54) is 0 Å². The van der Waals surface area contributed by atoms with Crippen LogP contribution in [0.25, 0.3) is 0 Å². The number of methoxy groups -OCH3 is 1. The molecule has 1 aliphatic rings. The fourth-order valence-electron chi connectivity index (χ4n) is 2.37. The van der Waals surface area contributed by atoms with Gasteiger partial charge in [-0.1, -0.05) is 6.07 Å². The fourth-order valence-corrected chi connectivity index (χ4v) is 2.37. The lowest BCUT2D eigenvalue weighted by Crippen LogP contribution is -2.32. The molecule has 2 rings (SSSR count). The Morgan fingerprint density at radius 2 is 2.05 bits per heavy atom. The molecule has 1 unspecified atom stereocenters. The minimum Gasteiger partial charge on any atom is -0.497 e. The Morgan fingerprint density at radius 1 is 1.37 bits per heavy atom. The van der Waals surface area contributed by atoms with Crippen molar-refractivity contribution in [3.05, 3.63) is 29.3 Å². The molecule has 0 amide bonds. The summed E-state index contributed by atoms with van der Waals surface area (Å²) < 4.78 is 10.7. The summed E-state index contributed by atoms with van der Waals surface area (Å²) in [7, 11) is 3.58. The predicted octanol–water partition coefficient (Wildman–Crippen LogP) is 2.52. The van der Waals surface area contributed by atoms with Crippen LogP contribution in [0.1, 0.15) is 37.9 Å². The quantitative estimate of drug-likeness (QED) is 0.769. The van der Waals surface area contributed by atoms with Gasteiger partial charge in [-0.3, -0.25) is 4.90 Å². The number of carbonyl (C=O) groups excluding carboxylic acids is 1. The van der Waals surface area contributed by atoms with Crippen LogP contribution in [0.4, 0.5) is 0 Å². The first kappa shape index (κ1) is 13.9. The fraction of sp³-hybridized carbons (Fsp3) is 0.533. The van der Waals surface area contributed by atoms with Crippen molar-refractivity contribution in [3.8, 4) is 5.75 Å².